The number of amides is 4. The standard InChI is InChI=1S/C22H19BrCl2N2O6/c1-27-19(31)21(24)7-12-9(3-4-10-14(12)18(30)26-17(10)29)15(22(21,25)20(27)32)11-5-8(23)6-13(33-2)16(11)28/h3,5-6,10,12,14-15,28H,4,7H2,1-2H3,(H,26,29,30)/t10-,12+,14-,15+,21+,22-/m0/s1. The lowest BCUT2D eigenvalue weighted by Gasteiger charge is -2.50. The third-order valence-corrected chi connectivity index (χ3v) is 9.33. The van der Waals surface area contributed by atoms with Crippen LogP contribution in [0.5, 0.6) is 11.5 Å². The molecular weight excluding hydrogens is 539 g/mol. The van der Waals surface area contributed by atoms with E-state index in [0.717, 1.165) is 4.90 Å². The molecule has 0 bridgehead atoms. The number of phenolic OH excluding ortho intramolecular Hbond substituents is 1. The van der Waals surface area contributed by atoms with Crippen LogP contribution in [-0.2, 0) is 19.2 Å². The summed E-state index contributed by atoms with van der Waals surface area (Å²) >= 11 is 17.4. The van der Waals surface area contributed by atoms with E-state index in [-0.39, 0.29) is 35.8 Å². The second kappa shape index (κ2) is 7.20. The fourth-order valence-corrected chi connectivity index (χ4v) is 7.44. The number of carbonyl (C=O) groups excluding carboxylic acids is 4. The van der Waals surface area contributed by atoms with Crippen LogP contribution in [0.25, 0.3) is 0 Å². The van der Waals surface area contributed by atoms with Gasteiger partial charge in [-0.15, -0.1) is 23.2 Å². The lowest BCUT2D eigenvalue weighted by atomic mass is 9.56. The van der Waals surface area contributed by atoms with E-state index in [4.69, 9.17) is 27.9 Å². The van der Waals surface area contributed by atoms with E-state index < -0.39 is 51.1 Å². The molecule has 1 aromatic rings. The Kier molecular flexibility index (Phi) is 4.95. The SMILES string of the molecule is COc1cc(Br)cc([C@H]2C3=CC[C@@H]4C(=O)NC(=O)[C@@H]4[C@@H]3C[C@@]3(Cl)C(=O)N(C)C(=O)[C@@]23Cl)c1O. The quantitative estimate of drug-likeness (QED) is 0.328. The Bertz CT molecular complexity index is 1190. The number of carbonyl (C=O) groups is 4. The van der Waals surface area contributed by atoms with E-state index in [9.17, 15) is 24.3 Å². The van der Waals surface area contributed by atoms with Gasteiger partial charge in [-0.3, -0.25) is 29.4 Å². The van der Waals surface area contributed by atoms with Crippen molar-refractivity contribution in [1.29, 1.82) is 0 Å². The van der Waals surface area contributed by atoms with Crippen molar-refractivity contribution in [1.82, 2.24) is 10.2 Å². The van der Waals surface area contributed by atoms with E-state index in [1.807, 2.05) is 0 Å². The molecule has 2 N–H and O–H groups in total. The number of hydrogen-bond donors (Lipinski definition) is 2. The van der Waals surface area contributed by atoms with E-state index in [0.29, 0.717) is 10.0 Å². The van der Waals surface area contributed by atoms with Crippen LogP contribution in [-0.4, -0.2) is 57.5 Å². The number of ether oxygens (including phenoxy) is 1. The van der Waals surface area contributed by atoms with Gasteiger partial charge in [0.2, 0.25) is 11.8 Å². The smallest absolute Gasteiger partial charge is 0.253 e. The van der Waals surface area contributed by atoms with Gasteiger partial charge < -0.3 is 9.84 Å². The van der Waals surface area contributed by atoms with Crippen LogP contribution in [0.2, 0.25) is 0 Å². The van der Waals surface area contributed by atoms with Gasteiger partial charge in [0.25, 0.3) is 11.8 Å². The average Bonchev–Trinajstić information content (AvgIpc) is 3.13. The first-order chi connectivity index (χ1) is 15.5. The van der Waals surface area contributed by atoms with Crippen molar-refractivity contribution >= 4 is 62.8 Å². The first kappa shape index (κ1) is 22.7. The Hall–Kier alpha value is -2.10. The summed E-state index contributed by atoms with van der Waals surface area (Å²) in [5.41, 5.74) is 0.830. The molecule has 0 spiro atoms. The maximum absolute atomic E-state index is 13.4. The van der Waals surface area contributed by atoms with Gasteiger partial charge in [0.15, 0.2) is 21.2 Å². The fourth-order valence-electron chi connectivity index (χ4n) is 5.97. The number of fused-ring (bicyclic) bond motifs is 4. The van der Waals surface area contributed by atoms with Crippen LogP contribution in [0.3, 0.4) is 0 Å². The van der Waals surface area contributed by atoms with Crippen LogP contribution in [0.4, 0.5) is 0 Å². The molecule has 2 heterocycles. The molecule has 0 unspecified atom stereocenters. The molecule has 2 saturated heterocycles. The predicted octanol–water partition coefficient (Wildman–Crippen LogP) is 2.44. The third kappa shape index (κ3) is 2.70. The molecule has 8 nitrogen and oxygen atoms in total. The first-order valence-electron chi connectivity index (χ1n) is 10.3. The van der Waals surface area contributed by atoms with Crippen molar-refractivity contribution < 1.29 is 29.0 Å². The lowest BCUT2D eigenvalue weighted by molar-refractivity contribution is -0.138. The van der Waals surface area contributed by atoms with E-state index in [2.05, 4.69) is 21.2 Å². The zero-order valence-electron chi connectivity index (χ0n) is 17.5. The molecule has 3 fully saturated rings. The highest BCUT2D eigenvalue weighted by atomic mass is 79.9. The molecule has 2 aliphatic carbocycles. The summed E-state index contributed by atoms with van der Waals surface area (Å²) in [6.45, 7) is 0. The van der Waals surface area contributed by atoms with Crippen molar-refractivity contribution in [2.45, 2.75) is 28.5 Å². The van der Waals surface area contributed by atoms with E-state index in [1.165, 1.54) is 14.2 Å². The Morgan fingerprint density at radius 2 is 1.85 bits per heavy atom. The average molecular weight is 558 g/mol. The monoisotopic (exact) mass is 556 g/mol. The Labute approximate surface area is 207 Å². The zero-order chi connectivity index (χ0) is 24.0. The number of methoxy groups -OCH3 is 1. The summed E-state index contributed by atoms with van der Waals surface area (Å²) in [6, 6.07) is 3.14. The molecular formula is C22H19BrCl2N2O6. The minimum atomic E-state index is -1.96. The summed E-state index contributed by atoms with van der Waals surface area (Å²) in [7, 11) is 2.69. The highest BCUT2D eigenvalue weighted by molar-refractivity contribution is 9.10. The lowest BCUT2D eigenvalue weighted by Crippen LogP contribution is -2.60. The predicted molar refractivity (Wildman–Crippen MR) is 121 cm³/mol. The molecule has 0 aromatic heterocycles. The van der Waals surface area contributed by atoms with Crippen LogP contribution in [0.1, 0.15) is 24.3 Å². The number of benzene rings is 1. The molecule has 4 amide bonds. The number of allylic oxidation sites excluding steroid dienone is 2. The number of likely N-dealkylation sites (tertiary alicyclic amines) is 1. The molecule has 6 atom stereocenters. The number of nitrogens with one attached hydrogen (secondary N) is 1. The van der Waals surface area contributed by atoms with Crippen LogP contribution >= 0.6 is 39.1 Å². The van der Waals surface area contributed by atoms with Gasteiger partial charge in [0, 0.05) is 23.0 Å². The maximum Gasteiger partial charge on any atom is 0.253 e. The molecule has 174 valence electrons. The molecule has 2 aliphatic heterocycles. The third-order valence-electron chi connectivity index (χ3n) is 7.46. The van der Waals surface area contributed by atoms with Crippen LogP contribution in [0, 0.1) is 17.8 Å². The molecule has 5 rings (SSSR count). The number of imide groups is 2. The van der Waals surface area contributed by atoms with Crippen molar-refractivity contribution in [3.63, 3.8) is 0 Å². The van der Waals surface area contributed by atoms with Crippen molar-refractivity contribution in [3.05, 3.63) is 33.8 Å². The summed E-state index contributed by atoms with van der Waals surface area (Å²) < 4.78 is 5.83. The molecule has 11 heteroatoms. The normalized spacial score (nSPS) is 37.4. The van der Waals surface area contributed by atoms with Crippen molar-refractivity contribution in [2.24, 2.45) is 17.8 Å². The summed E-state index contributed by atoms with van der Waals surface area (Å²) in [5.74, 6) is -5.32. The van der Waals surface area contributed by atoms with Gasteiger partial charge in [0.1, 0.15) is 0 Å². The van der Waals surface area contributed by atoms with Gasteiger partial charge in [-0.2, -0.15) is 0 Å². The summed E-state index contributed by atoms with van der Waals surface area (Å²) in [4.78, 5) is 48.8. The Morgan fingerprint density at radius 1 is 1.15 bits per heavy atom. The summed E-state index contributed by atoms with van der Waals surface area (Å²) in [6.07, 6.45) is 1.96. The van der Waals surface area contributed by atoms with Crippen molar-refractivity contribution in [3.8, 4) is 11.5 Å². The largest absolute Gasteiger partial charge is 0.504 e. The number of halogens is 3. The number of alkyl halides is 2. The first-order valence-corrected chi connectivity index (χ1v) is 11.8. The second-order valence-corrected chi connectivity index (χ2v) is 11.1. The Balaban J connectivity index is 1.80. The Morgan fingerprint density at radius 3 is 2.52 bits per heavy atom. The topological polar surface area (TPSA) is 113 Å². The number of hydrogen-bond acceptors (Lipinski definition) is 6. The minimum Gasteiger partial charge on any atom is -0.504 e. The van der Waals surface area contributed by atoms with Gasteiger partial charge in [-0.05, 0) is 30.9 Å². The van der Waals surface area contributed by atoms with Crippen LogP contribution < -0.4 is 10.1 Å². The van der Waals surface area contributed by atoms with Crippen molar-refractivity contribution in [2.75, 3.05) is 14.2 Å². The van der Waals surface area contributed by atoms with Gasteiger partial charge in [-0.1, -0.05) is 27.6 Å². The maximum atomic E-state index is 13.4. The van der Waals surface area contributed by atoms with E-state index >= 15 is 0 Å². The number of rotatable bonds is 2. The fraction of sp³-hybridized carbons (Fsp3) is 0.455. The summed E-state index contributed by atoms with van der Waals surface area (Å²) in [5, 5.41) is 13.4. The molecule has 1 aromatic carbocycles. The zero-order valence-corrected chi connectivity index (χ0v) is 20.6. The number of nitrogens with zero attached hydrogens (tertiary/aromatic N) is 1. The number of aromatic hydroxyl groups is 1. The molecule has 0 radical (unpaired) electrons. The minimum absolute atomic E-state index is 0.0942. The molecule has 4 aliphatic rings. The van der Waals surface area contributed by atoms with Gasteiger partial charge in [-0.25, -0.2) is 0 Å². The van der Waals surface area contributed by atoms with Gasteiger partial charge >= 0.3 is 0 Å². The molecule has 1 saturated carbocycles. The van der Waals surface area contributed by atoms with Crippen LogP contribution in [0.15, 0.2) is 28.3 Å². The molecule has 33 heavy (non-hydrogen) atoms. The van der Waals surface area contributed by atoms with E-state index in [1.54, 1.807) is 18.2 Å². The van der Waals surface area contributed by atoms with Gasteiger partial charge in [0.05, 0.1) is 18.9 Å². The second-order valence-electron chi connectivity index (χ2n) is 8.90. The highest BCUT2D eigenvalue weighted by Gasteiger charge is 2.75. The highest BCUT2D eigenvalue weighted by Crippen LogP contribution is 2.66. The number of phenols is 1.